The highest BCUT2D eigenvalue weighted by atomic mass is 32.2. The number of aromatic nitrogens is 2. The number of hydrogen-bond donors (Lipinski definition) is 2. The third kappa shape index (κ3) is 4.96. The number of nitrogens with zero attached hydrogens (tertiary/aromatic N) is 1. The number of carbonyl (C=O) groups excluding carboxylic acids is 1. The molecule has 1 amide bonds. The van der Waals surface area contributed by atoms with Gasteiger partial charge in [-0.05, 0) is 25.3 Å². The molecule has 1 fully saturated rings. The summed E-state index contributed by atoms with van der Waals surface area (Å²) in [6.45, 7) is 2.05. The van der Waals surface area contributed by atoms with Gasteiger partial charge in [-0.2, -0.15) is 0 Å². The van der Waals surface area contributed by atoms with E-state index in [0.717, 1.165) is 18.6 Å². The Kier molecular flexibility index (Phi) is 4.81. The molecule has 120 valence electrons. The van der Waals surface area contributed by atoms with Crippen molar-refractivity contribution in [1.29, 1.82) is 0 Å². The molecule has 1 aromatic carbocycles. The zero-order valence-corrected chi connectivity index (χ0v) is 13.8. The zero-order valence-electron chi connectivity index (χ0n) is 13.0. The molecule has 1 aromatic heterocycles. The summed E-state index contributed by atoms with van der Waals surface area (Å²) in [5.41, 5.74) is 2.67. The minimum absolute atomic E-state index is 0.0694. The van der Waals surface area contributed by atoms with Crippen LogP contribution in [0.25, 0.3) is 0 Å². The smallest absolute Gasteiger partial charge is 0.251 e. The fourth-order valence-electron chi connectivity index (χ4n) is 2.15. The van der Waals surface area contributed by atoms with Gasteiger partial charge in [0.1, 0.15) is 0 Å². The third-order valence-corrected chi connectivity index (χ3v) is 4.50. The van der Waals surface area contributed by atoms with Gasteiger partial charge in [-0.1, -0.05) is 41.6 Å². The molecular weight excluding hydrogens is 310 g/mol. The van der Waals surface area contributed by atoms with E-state index in [4.69, 9.17) is 0 Å². The van der Waals surface area contributed by atoms with Crippen molar-refractivity contribution in [3.8, 4) is 0 Å². The van der Waals surface area contributed by atoms with Gasteiger partial charge in [-0.3, -0.25) is 9.59 Å². The summed E-state index contributed by atoms with van der Waals surface area (Å²) in [5, 5.41) is 3.45. The van der Waals surface area contributed by atoms with E-state index in [2.05, 4.69) is 39.6 Å². The average Bonchev–Trinajstić information content (AvgIpc) is 3.30. The molecule has 2 aromatic rings. The number of H-pyrrole nitrogens is 1. The summed E-state index contributed by atoms with van der Waals surface area (Å²) < 4.78 is 0. The lowest BCUT2D eigenvalue weighted by Crippen LogP contribution is -2.28. The maximum absolute atomic E-state index is 11.8. The van der Waals surface area contributed by atoms with Gasteiger partial charge in [0.15, 0.2) is 5.16 Å². The van der Waals surface area contributed by atoms with Crippen LogP contribution in [0.3, 0.4) is 0 Å². The molecule has 23 heavy (non-hydrogen) atoms. The van der Waals surface area contributed by atoms with Gasteiger partial charge in [0.2, 0.25) is 5.91 Å². The minimum atomic E-state index is -0.222. The predicted molar refractivity (Wildman–Crippen MR) is 90.5 cm³/mol. The van der Waals surface area contributed by atoms with E-state index >= 15 is 0 Å². The monoisotopic (exact) mass is 329 g/mol. The average molecular weight is 329 g/mol. The standard InChI is InChI=1S/C17H19N3O2S/c1-11-2-4-12(5-3-11)10-23-17-19-14(9-16(22)20-17)8-15(21)18-13-6-7-13/h2-5,9,13H,6-8,10H2,1H3,(H,18,21)(H,19,20,22). The number of hydrogen-bond acceptors (Lipinski definition) is 4. The molecule has 0 unspecified atom stereocenters. The van der Waals surface area contributed by atoms with Crippen LogP contribution in [-0.2, 0) is 17.0 Å². The number of aryl methyl sites for hydroxylation is 1. The van der Waals surface area contributed by atoms with Gasteiger partial charge < -0.3 is 10.3 Å². The Balaban J connectivity index is 1.63. The Morgan fingerprint density at radius 2 is 2.09 bits per heavy atom. The first kappa shape index (κ1) is 15.8. The summed E-state index contributed by atoms with van der Waals surface area (Å²) in [6.07, 6.45) is 2.25. The highest BCUT2D eigenvalue weighted by Gasteiger charge is 2.23. The number of thioether (sulfide) groups is 1. The van der Waals surface area contributed by atoms with E-state index in [0.29, 0.717) is 16.9 Å². The van der Waals surface area contributed by atoms with Crippen molar-refractivity contribution in [3.05, 3.63) is 57.5 Å². The van der Waals surface area contributed by atoms with Crippen molar-refractivity contribution in [2.75, 3.05) is 0 Å². The number of amides is 1. The second-order valence-corrected chi connectivity index (χ2v) is 6.80. The van der Waals surface area contributed by atoms with Gasteiger partial charge in [0, 0.05) is 17.9 Å². The van der Waals surface area contributed by atoms with Crippen LogP contribution >= 0.6 is 11.8 Å². The van der Waals surface area contributed by atoms with E-state index in [9.17, 15) is 9.59 Å². The fraction of sp³-hybridized carbons (Fsp3) is 0.353. The van der Waals surface area contributed by atoms with Crippen LogP contribution in [0, 0.1) is 6.92 Å². The lowest BCUT2D eigenvalue weighted by Gasteiger charge is -2.05. The summed E-state index contributed by atoms with van der Waals surface area (Å²) in [7, 11) is 0. The number of aromatic amines is 1. The van der Waals surface area contributed by atoms with Crippen LogP contribution in [0.4, 0.5) is 0 Å². The van der Waals surface area contributed by atoms with Crippen molar-refractivity contribution in [2.24, 2.45) is 0 Å². The molecule has 1 aliphatic rings. The summed E-state index contributed by atoms with van der Waals surface area (Å²) in [4.78, 5) is 30.7. The molecule has 1 heterocycles. The van der Waals surface area contributed by atoms with Crippen LogP contribution < -0.4 is 10.9 Å². The van der Waals surface area contributed by atoms with Crippen molar-refractivity contribution in [2.45, 2.75) is 43.1 Å². The van der Waals surface area contributed by atoms with Crippen LogP contribution in [0.1, 0.15) is 29.7 Å². The molecule has 1 aliphatic carbocycles. The van der Waals surface area contributed by atoms with Crippen molar-refractivity contribution in [3.63, 3.8) is 0 Å². The van der Waals surface area contributed by atoms with Gasteiger partial charge >= 0.3 is 0 Å². The van der Waals surface area contributed by atoms with Gasteiger partial charge in [0.25, 0.3) is 5.56 Å². The van der Waals surface area contributed by atoms with Gasteiger partial charge in [-0.15, -0.1) is 0 Å². The second kappa shape index (κ2) is 7.00. The number of benzene rings is 1. The van der Waals surface area contributed by atoms with Crippen molar-refractivity contribution < 1.29 is 4.79 Å². The molecule has 2 N–H and O–H groups in total. The fourth-order valence-corrected chi connectivity index (χ4v) is 3.00. The predicted octanol–water partition coefficient (Wildman–Crippen LogP) is 2.19. The SMILES string of the molecule is Cc1ccc(CSc2nc(CC(=O)NC3CC3)cc(=O)[nH]2)cc1. The van der Waals surface area contributed by atoms with Gasteiger partial charge in [-0.25, -0.2) is 4.98 Å². The first-order valence-electron chi connectivity index (χ1n) is 7.66. The second-order valence-electron chi connectivity index (χ2n) is 5.83. The first-order valence-corrected chi connectivity index (χ1v) is 8.65. The highest BCUT2D eigenvalue weighted by molar-refractivity contribution is 7.98. The van der Waals surface area contributed by atoms with E-state index in [1.165, 1.54) is 29.0 Å². The summed E-state index contributed by atoms with van der Waals surface area (Å²) >= 11 is 1.46. The zero-order chi connectivity index (χ0) is 16.2. The Hall–Kier alpha value is -2.08. The molecule has 5 nitrogen and oxygen atoms in total. The van der Waals surface area contributed by atoms with Crippen molar-refractivity contribution in [1.82, 2.24) is 15.3 Å². The van der Waals surface area contributed by atoms with Crippen LogP contribution in [0.15, 0.2) is 40.3 Å². The molecule has 0 radical (unpaired) electrons. The largest absolute Gasteiger partial charge is 0.353 e. The topological polar surface area (TPSA) is 74.8 Å². The highest BCUT2D eigenvalue weighted by Crippen LogP contribution is 2.20. The lowest BCUT2D eigenvalue weighted by molar-refractivity contribution is -0.120. The van der Waals surface area contributed by atoms with Crippen LogP contribution in [0.5, 0.6) is 0 Å². The Morgan fingerprint density at radius 3 is 2.78 bits per heavy atom. The van der Waals surface area contributed by atoms with E-state index in [-0.39, 0.29) is 17.9 Å². The van der Waals surface area contributed by atoms with E-state index < -0.39 is 0 Å². The normalized spacial score (nSPS) is 13.8. The summed E-state index contributed by atoms with van der Waals surface area (Å²) in [5.74, 6) is 0.654. The Bertz CT molecular complexity index is 751. The Labute approximate surface area is 138 Å². The quantitative estimate of drug-likeness (QED) is 0.629. The lowest BCUT2D eigenvalue weighted by atomic mass is 10.2. The molecule has 0 spiro atoms. The third-order valence-electron chi connectivity index (χ3n) is 3.55. The maximum atomic E-state index is 11.8. The van der Waals surface area contributed by atoms with Crippen LogP contribution in [0.2, 0.25) is 0 Å². The minimum Gasteiger partial charge on any atom is -0.353 e. The molecular formula is C17H19N3O2S. The molecule has 3 rings (SSSR count). The van der Waals surface area contributed by atoms with Crippen molar-refractivity contribution >= 4 is 17.7 Å². The molecule has 0 bridgehead atoms. The molecule has 1 saturated carbocycles. The molecule has 0 atom stereocenters. The van der Waals surface area contributed by atoms with Gasteiger partial charge in [0.05, 0.1) is 12.1 Å². The molecule has 0 saturated heterocycles. The summed E-state index contributed by atoms with van der Waals surface area (Å²) in [6, 6.07) is 9.96. The van der Waals surface area contributed by atoms with Crippen LogP contribution in [-0.4, -0.2) is 21.9 Å². The maximum Gasteiger partial charge on any atom is 0.251 e. The molecule has 0 aliphatic heterocycles. The number of rotatable bonds is 6. The first-order chi connectivity index (χ1) is 11.1. The Morgan fingerprint density at radius 1 is 1.35 bits per heavy atom. The number of carbonyl (C=O) groups is 1. The van der Waals surface area contributed by atoms with E-state index in [1.54, 1.807) is 0 Å². The van der Waals surface area contributed by atoms with E-state index in [1.807, 2.05) is 6.92 Å². The number of nitrogens with one attached hydrogen (secondary N) is 2. The molecule has 6 heteroatoms.